The highest BCUT2D eigenvalue weighted by Crippen LogP contribution is 2.43. The summed E-state index contributed by atoms with van der Waals surface area (Å²) in [4.78, 5) is 2.30. The molecule has 3 nitrogen and oxygen atoms in total. The number of aromatic nitrogens is 1. The number of furan rings is 1. The third kappa shape index (κ3) is 4.05. The molecule has 0 unspecified atom stereocenters. The van der Waals surface area contributed by atoms with Crippen LogP contribution >= 0.6 is 0 Å². The number of nitrogens with zero attached hydrogens (tertiary/aromatic N) is 2. The molecule has 212 valence electrons. The fourth-order valence-corrected chi connectivity index (χ4v) is 6.75. The zero-order valence-corrected chi connectivity index (χ0v) is 24.5. The summed E-state index contributed by atoms with van der Waals surface area (Å²) in [7, 11) is 0. The molecular formula is C42H28N2O. The van der Waals surface area contributed by atoms with Crippen LogP contribution in [0.2, 0.25) is 0 Å². The summed E-state index contributed by atoms with van der Waals surface area (Å²) < 4.78 is 9.00. The second kappa shape index (κ2) is 10.0. The molecule has 0 amide bonds. The van der Waals surface area contributed by atoms with Gasteiger partial charge in [-0.05, 0) is 83.1 Å². The van der Waals surface area contributed by atoms with Gasteiger partial charge in [0, 0.05) is 38.8 Å². The second-order valence-corrected chi connectivity index (χ2v) is 11.5. The van der Waals surface area contributed by atoms with Crippen LogP contribution in [0.4, 0.5) is 17.1 Å². The van der Waals surface area contributed by atoms with E-state index < -0.39 is 0 Å². The maximum Gasteiger partial charge on any atom is 0.159 e. The van der Waals surface area contributed by atoms with Crippen LogP contribution in [0.1, 0.15) is 11.3 Å². The molecule has 0 atom stereocenters. The van der Waals surface area contributed by atoms with Gasteiger partial charge in [-0.15, -0.1) is 0 Å². The highest BCUT2D eigenvalue weighted by Gasteiger charge is 2.22. The summed E-state index contributed by atoms with van der Waals surface area (Å²) in [6.45, 7) is 4.10. The van der Waals surface area contributed by atoms with Crippen molar-refractivity contribution in [1.82, 2.24) is 4.57 Å². The van der Waals surface area contributed by atoms with Crippen LogP contribution < -0.4 is 4.90 Å². The molecule has 0 radical (unpaired) electrons. The van der Waals surface area contributed by atoms with Crippen LogP contribution in [0, 0.1) is 0 Å². The molecule has 45 heavy (non-hydrogen) atoms. The van der Waals surface area contributed by atoms with Gasteiger partial charge in [0.1, 0.15) is 5.76 Å². The minimum Gasteiger partial charge on any atom is -0.454 e. The van der Waals surface area contributed by atoms with E-state index in [2.05, 4.69) is 156 Å². The number of benzene rings is 6. The van der Waals surface area contributed by atoms with Crippen molar-refractivity contribution < 1.29 is 4.42 Å². The lowest BCUT2D eigenvalue weighted by Crippen LogP contribution is -2.10. The molecule has 0 aliphatic heterocycles. The van der Waals surface area contributed by atoms with Gasteiger partial charge in [-0.2, -0.15) is 0 Å². The van der Waals surface area contributed by atoms with Crippen molar-refractivity contribution in [3.8, 4) is 5.69 Å². The van der Waals surface area contributed by atoms with Gasteiger partial charge in [0.2, 0.25) is 0 Å². The third-order valence-electron chi connectivity index (χ3n) is 8.82. The Labute approximate surface area is 260 Å². The van der Waals surface area contributed by atoms with E-state index in [1.54, 1.807) is 0 Å². The van der Waals surface area contributed by atoms with Crippen molar-refractivity contribution in [2.24, 2.45) is 0 Å². The van der Waals surface area contributed by atoms with Gasteiger partial charge in [0.25, 0.3) is 0 Å². The van der Waals surface area contributed by atoms with E-state index in [0.717, 1.165) is 50.6 Å². The second-order valence-electron chi connectivity index (χ2n) is 11.5. The Morgan fingerprint density at radius 3 is 2.13 bits per heavy atom. The highest BCUT2D eigenvalue weighted by atomic mass is 16.3. The van der Waals surface area contributed by atoms with Crippen molar-refractivity contribution in [3.63, 3.8) is 0 Å². The number of fused-ring (bicyclic) bond motifs is 7. The van der Waals surface area contributed by atoms with E-state index in [0.29, 0.717) is 0 Å². The van der Waals surface area contributed by atoms with E-state index in [1.165, 1.54) is 32.6 Å². The summed E-state index contributed by atoms with van der Waals surface area (Å²) in [5, 5.41) is 6.04. The van der Waals surface area contributed by atoms with Crippen LogP contribution in [0.5, 0.6) is 0 Å². The molecule has 0 saturated heterocycles. The summed E-state index contributed by atoms with van der Waals surface area (Å²) in [5.41, 5.74) is 9.43. The lowest BCUT2D eigenvalue weighted by atomic mass is 10.1. The van der Waals surface area contributed by atoms with Gasteiger partial charge in [-0.3, -0.25) is 0 Å². The molecule has 0 bridgehead atoms. The average molecular weight is 577 g/mol. The molecule has 2 aromatic heterocycles. The number of para-hydroxylation sites is 3. The molecule has 9 rings (SSSR count). The Kier molecular flexibility index (Phi) is 5.66. The minimum atomic E-state index is 0.839. The first kappa shape index (κ1) is 25.4. The molecular weight excluding hydrogens is 548 g/mol. The fourth-order valence-electron chi connectivity index (χ4n) is 6.75. The third-order valence-corrected chi connectivity index (χ3v) is 8.82. The van der Waals surface area contributed by atoms with Crippen LogP contribution in [-0.2, 0) is 0 Å². The van der Waals surface area contributed by atoms with Crippen LogP contribution in [0.15, 0.2) is 162 Å². The Hall–Kier alpha value is -6.06. The predicted molar refractivity (Wildman–Crippen MR) is 190 cm³/mol. The molecule has 3 heteroatoms. The Morgan fingerprint density at radius 2 is 1.24 bits per heavy atom. The first-order valence-corrected chi connectivity index (χ1v) is 15.2. The Morgan fingerprint density at radius 1 is 0.533 bits per heavy atom. The molecule has 1 aliphatic carbocycles. The first-order chi connectivity index (χ1) is 22.2. The lowest BCUT2D eigenvalue weighted by molar-refractivity contribution is 0.604. The Bertz CT molecular complexity index is 2510. The summed E-state index contributed by atoms with van der Waals surface area (Å²) in [6, 6.07) is 47.6. The quantitative estimate of drug-likeness (QED) is 0.208. The fraction of sp³-hybridized carbons (Fsp3) is 0. The minimum absolute atomic E-state index is 0.839. The number of hydrogen-bond donors (Lipinski definition) is 0. The van der Waals surface area contributed by atoms with Gasteiger partial charge in [0.15, 0.2) is 5.58 Å². The highest BCUT2D eigenvalue weighted by molar-refractivity contribution is 6.13. The summed E-state index contributed by atoms with van der Waals surface area (Å²) >= 11 is 0. The van der Waals surface area contributed by atoms with E-state index in [-0.39, 0.29) is 0 Å². The van der Waals surface area contributed by atoms with Crippen molar-refractivity contribution in [2.45, 2.75) is 0 Å². The predicted octanol–water partition coefficient (Wildman–Crippen LogP) is 11.7. The SMILES string of the molecule is C=C1C=Cc2oc3c(N(c4ccccc4)c4cccc(-n5c6ccccc6c6cc7ccccc7cc65)c4)cccc3c2C=C1. The lowest BCUT2D eigenvalue weighted by Gasteiger charge is -2.26. The van der Waals surface area contributed by atoms with Crippen molar-refractivity contribution in [3.05, 3.63) is 169 Å². The molecule has 0 saturated carbocycles. The van der Waals surface area contributed by atoms with E-state index in [9.17, 15) is 0 Å². The summed E-state index contributed by atoms with van der Waals surface area (Å²) in [6.07, 6.45) is 8.16. The first-order valence-electron chi connectivity index (χ1n) is 15.2. The molecule has 8 aromatic rings. The van der Waals surface area contributed by atoms with E-state index in [1.807, 2.05) is 18.2 Å². The maximum absolute atomic E-state index is 6.61. The molecule has 0 spiro atoms. The van der Waals surface area contributed by atoms with Gasteiger partial charge in [-0.25, -0.2) is 0 Å². The van der Waals surface area contributed by atoms with Gasteiger partial charge < -0.3 is 13.9 Å². The van der Waals surface area contributed by atoms with Crippen LogP contribution in [0.3, 0.4) is 0 Å². The molecule has 0 fully saturated rings. The number of rotatable bonds is 4. The van der Waals surface area contributed by atoms with E-state index in [4.69, 9.17) is 4.42 Å². The zero-order valence-electron chi connectivity index (χ0n) is 24.5. The molecule has 0 N–H and O–H groups in total. The largest absolute Gasteiger partial charge is 0.454 e. The Balaban J connectivity index is 1.29. The van der Waals surface area contributed by atoms with Gasteiger partial charge in [0.05, 0.1) is 16.7 Å². The van der Waals surface area contributed by atoms with Crippen LogP contribution in [0.25, 0.3) is 61.4 Å². The van der Waals surface area contributed by atoms with Crippen molar-refractivity contribution in [1.29, 1.82) is 0 Å². The molecule has 2 heterocycles. The van der Waals surface area contributed by atoms with E-state index >= 15 is 0 Å². The number of hydrogen-bond acceptors (Lipinski definition) is 2. The standard InChI is InChI=1S/C42H28N2O/c1-28-21-23-35-36-18-10-20-39(42(36)45-41(35)24-22-28)43(31-13-3-2-4-14-31)32-15-9-16-33(27-32)44-38-19-8-7-17-34(38)37-25-29-11-5-6-12-30(29)26-40(37)44/h2-27H,1H2. The topological polar surface area (TPSA) is 21.3 Å². The monoisotopic (exact) mass is 576 g/mol. The normalized spacial score (nSPS) is 12.8. The summed E-state index contributed by atoms with van der Waals surface area (Å²) in [5.74, 6) is 0.839. The van der Waals surface area contributed by atoms with Crippen molar-refractivity contribution >= 4 is 72.8 Å². The average Bonchev–Trinajstić information content (AvgIpc) is 3.54. The zero-order chi connectivity index (χ0) is 29.9. The smallest absolute Gasteiger partial charge is 0.159 e. The van der Waals surface area contributed by atoms with Gasteiger partial charge >= 0.3 is 0 Å². The maximum atomic E-state index is 6.61. The van der Waals surface area contributed by atoms with Crippen molar-refractivity contribution in [2.75, 3.05) is 4.90 Å². The van der Waals surface area contributed by atoms with Crippen LogP contribution in [-0.4, -0.2) is 4.57 Å². The molecule has 6 aromatic carbocycles. The number of allylic oxidation sites excluding steroid dienone is 3. The number of anilines is 3. The van der Waals surface area contributed by atoms with Gasteiger partial charge in [-0.1, -0.05) is 97.6 Å². The molecule has 1 aliphatic rings.